The molecule has 0 bridgehead atoms. The summed E-state index contributed by atoms with van der Waals surface area (Å²) in [5.41, 5.74) is 0. The molecule has 0 spiro atoms. The van der Waals surface area contributed by atoms with Gasteiger partial charge in [-0.2, -0.15) is 13.2 Å². The van der Waals surface area contributed by atoms with Crippen LogP contribution in [0.15, 0.2) is 6.20 Å². The molecular weight excluding hydrogens is 201 g/mol. The van der Waals surface area contributed by atoms with E-state index in [1.165, 1.54) is 11.3 Å². The second-order valence-electron chi connectivity index (χ2n) is 2.58. The minimum Gasteiger partial charge on any atom is -0.302 e. The Morgan fingerprint density at radius 1 is 1.54 bits per heavy atom. The van der Waals surface area contributed by atoms with Gasteiger partial charge in [0.1, 0.15) is 5.01 Å². The molecule has 0 amide bonds. The van der Waals surface area contributed by atoms with Crippen LogP contribution in [0.4, 0.5) is 13.2 Å². The molecule has 1 aromatic heterocycles. The van der Waals surface area contributed by atoms with Crippen LogP contribution < -0.4 is 5.32 Å². The molecule has 1 rings (SSSR count). The lowest BCUT2D eigenvalue weighted by Crippen LogP contribution is -2.28. The van der Waals surface area contributed by atoms with Gasteiger partial charge < -0.3 is 5.32 Å². The molecule has 0 unspecified atom stereocenters. The van der Waals surface area contributed by atoms with E-state index in [0.29, 0.717) is 5.01 Å². The maximum absolute atomic E-state index is 11.7. The second kappa shape index (κ2) is 4.06. The van der Waals surface area contributed by atoms with Gasteiger partial charge in [-0.25, -0.2) is 4.98 Å². The number of hydrogen-bond acceptors (Lipinski definition) is 3. The molecule has 1 heterocycles. The predicted octanol–water partition coefficient (Wildman–Crippen LogP) is 2.10. The van der Waals surface area contributed by atoms with Crippen molar-refractivity contribution >= 4 is 11.3 Å². The first kappa shape index (κ1) is 10.5. The maximum Gasteiger partial charge on any atom is 0.401 e. The predicted molar refractivity (Wildman–Crippen MR) is 44.6 cm³/mol. The first-order valence-electron chi connectivity index (χ1n) is 3.66. The van der Waals surface area contributed by atoms with Gasteiger partial charge in [-0.3, -0.25) is 0 Å². The fourth-order valence-corrected chi connectivity index (χ4v) is 1.55. The Morgan fingerprint density at radius 2 is 2.23 bits per heavy atom. The van der Waals surface area contributed by atoms with Gasteiger partial charge in [0, 0.05) is 17.6 Å². The zero-order chi connectivity index (χ0) is 9.90. The largest absolute Gasteiger partial charge is 0.401 e. The molecule has 0 aliphatic heterocycles. The standard InChI is InChI=1S/C7H9F3N2S/c1-5-2-12-6(13-5)3-11-4-7(8,9)10/h2,11H,3-4H2,1H3. The Bertz CT molecular complexity index is 269. The molecule has 1 N–H and O–H groups in total. The summed E-state index contributed by atoms with van der Waals surface area (Å²) in [6, 6.07) is 0. The first-order chi connectivity index (χ1) is 5.97. The molecule has 6 heteroatoms. The smallest absolute Gasteiger partial charge is 0.302 e. The highest BCUT2D eigenvalue weighted by atomic mass is 32.1. The molecular formula is C7H9F3N2S. The van der Waals surface area contributed by atoms with Gasteiger partial charge in [-0.05, 0) is 6.92 Å². The lowest BCUT2D eigenvalue weighted by atomic mass is 10.6. The van der Waals surface area contributed by atoms with E-state index in [0.717, 1.165) is 4.88 Å². The minimum absolute atomic E-state index is 0.179. The summed E-state index contributed by atoms with van der Waals surface area (Å²) in [6.45, 7) is 1.08. The molecule has 0 atom stereocenters. The van der Waals surface area contributed by atoms with Crippen LogP contribution in [0, 0.1) is 6.92 Å². The number of alkyl halides is 3. The van der Waals surface area contributed by atoms with E-state index in [9.17, 15) is 13.2 Å². The molecule has 2 nitrogen and oxygen atoms in total. The number of halogens is 3. The molecule has 0 fully saturated rings. The number of thiazole rings is 1. The second-order valence-corrected chi connectivity index (χ2v) is 3.90. The van der Waals surface area contributed by atoms with Crippen molar-refractivity contribution in [1.29, 1.82) is 0 Å². The number of aryl methyl sites for hydroxylation is 1. The fourth-order valence-electron chi connectivity index (χ4n) is 0.794. The van der Waals surface area contributed by atoms with E-state index in [1.54, 1.807) is 6.20 Å². The summed E-state index contributed by atoms with van der Waals surface area (Å²) in [5, 5.41) is 2.96. The van der Waals surface area contributed by atoms with Crippen LogP contribution in [0.5, 0.6) is 0 Å². The van der Waals surface area contributed by atoms with Crippen LogP contribution in [-0.2, 0) is 6.54 Å². The number of hydrogen-bond donors (Lipinski definition) is 1. The summed E-state index contributed by atoms with van der Waals surface area (Å²) in [5.74, 6) is 0. The van der Waals surface area contributed by atoms with Gasteiger partial charge in [-0.1, -0.05) is 0 Å². The lowest BCUT2D eigenvalue weighted by molar-refractivity contribution is -0.125. The third-order valence-electron chi connectivity index (χ3n) is 1.27. The highest BCUT2D eigenvalue weighted by Gasteiger charge is 2.26. The van der Waals surface area contributed by atoms with Crippen molar-refractivity contribution in [2.45, 2.75) is 19.6 Å². The number of aromatic nitrogens is 1. The van der Waals surface area contributed by atoms with E-state index in [-0.39, 0.29) is 6.54 Å². The Balaban J connectivity index is 2.28. The van der Waals surface area contributed by atoms with Crippen LogP contribution in [0.25, 0.3) is 0 Å². The summed E-state index contributed by atoms with van der Waals surface area (Å²) in [7, 11) is 0. The number of rotatable bonds is 3. The zero-order valence-electron chi connectivity index (χ0n) is 6.98. The van der Waals surface area contributed by atoms with Crippen molar-refractivity contribution < 1.29 is 13.2 Å². The van der Waals surface area contributed by atoms with Crippen molar-refractivity contribution in [3.8, 4) is 0 Å². The fraction of sp³-hybridized carbons (Fsp3) is 0.571. The van der Waals surface area contributed by atoms with Crippen LogP contribution in [0.3, 0.4) is 0 Å². The SMILES string of the molecule is Cc1cnc(CNCC(F)(F)F)s1. The lowest BCUT2D eigenvalue weighted by Gasteiger charge is -2.05. The van der Waals surface area contributed by atoms with Crippen molar-refractivity contribution in [2.75, 3.05) is 6.54 Å². The Kier molecular flexibility index (Phi) is 3.27. The van der Waals surface area contributed by atoms with Gasteiger partial charge in [0.05, 0.1) is 6.54 Å². The monoisotopic (exact) mass is 210 g/mol. The van der Waals surface area contributed by atoms with Crippen molar-refractivity contribution in [3.05, 3.63) is 16.1 Å². The average Bonchev–Trinajstić information content (AvgIpc) is 2.33. The van der Waals surface area contributed by atoms with E-state index < -0.39 is 12.7 Å². The third-order valence-corrected chi connectivity index (χ3v) is 2.18. The quantitative estimate of drug-likeness (QED) is 0.826. The normalized spacial score (nSPS) is 12.0. The minimum atomic E-state index is -4.15. The van der Waals surface area contributed by atoms with Crippen LogP contribution in [-0.4, -0.2) is 17.7 Å². The third kappa shape index (κ3) is 4.23. The maximum atomic E-state index is 11.7. The molecule has 0 aromatic carbocycles. The zero-order valence-corrected chi connectivity index (χ0v) is 7.80. The highest BCUT2D eigenvalue weighted by molar-refractivity contribution is 7.11. The molecule has 74 valence electrons. The summed E-state index contributed by atoms with van der Waals surface area (Å²) >= 11 is 1.40. The van der Waals surface area contributed by atoms with Crippen molar-refractivity contribution in [3.63, 3.8) is 0 Å². The molecule has 1 aromatic rings. The average molecular weight is 210 g/mol. The molecule has 13 heavy (non-hydrogen) atoms. The van der Waals surface area contributed by atoms with Gasteiger partial charge in [0.2, 0.25) is 0 Å². The van der Waals surface area contributed by atoms with E-state index in [4.69, 9.17) is 0 Å². The Hall–Kier alpha value is -0.620. The van der Waals surface area contributed by atoms with E-state index in [1.807, 2.05) is 6.92 Å². The van der Waals surface area contributed by atoms with Gasteiger partial charge in [0.15, 0.2) is 0 Å². The van der Waals surface area contributed by atoms with Crippen molar-refractivity contribution in [1.82, 2.24) is 10.3 Å². The highest BCUT2D eigenvalue weighted by Crippen LogP contribution is 2.14. The summed E-state index contributed by atoms with van der Waals surface area (Å²) < 4.78 is 35.1. The van der Waals surface area contributed by atoms with Gasteiger partial charge in [0.25, 0.3) is 0 Å². The van der Waals surface area contributed by atoms with Gasteiger partial charge >= 0.3 is 6.18 Å². The first-order valence-corrected chi connectivity index (χ1v) is 4.48. The van der Waals surface area contributed by atoms with Gasteiger partial charge in [-0.15, -0.1) is 11.3 Å². The summed E-state index contributed by atoms with van der Waals surface area (Å²) in [6.07, 6.45) is -2.50. The van der Waals surface area contributed by atoms with E-state index in [2.05, 4.69) is 10.3 Å². The van der Waals surface area contributed by atoms with Crippen LogP contribution in [0.1, 0.15) is 9.88 Å². The topological polar surface area (TPSA) is 24.9 Å². The van der Waals surface area contributed by atoms with Crippen LogP contribution in [0.2, 0.25) is 0 Å². The Labute approximate surface area is 77.8 Å². The van der Waals surface area contributed by atoms with Crippen LogP contribution >= 0.6 is 11.3 Å². The summed E-state index contributed by atoms with van der Waals surface area (Å²) in [4.78, 5) is 4.93. The molecule has 0 saturated carbocycles. The number of nitrogens with zero attached hydrogens (tertiary/aromatic N) is 1. The molecule has 0 aliphatic rings. The van der Waals surface area contributed by atoms with E-state index >= 15 is 0 Å². The molecule has 0 saturated heterocycles. The molecule has 0 radical (unpaired) electrons. The Morgan fingerprint density at radius 3 is 2.69 bits per heavy atom. The number of nitrogens with one attached hydrogen (secondary N) is 1. The molecule has 0 aliphatic carbocycles. The van der Waals surface area contributed by atoms with Crippen molar-refractivity contribution in [2.24, 2.45) is 0 Å².